The van der Waals surface area contributed by atoms with Crippen LogP contribution in [0.2, 0.25) is 0 Å². The van der Waals surface area contributed by atoms with Gasteiger partial charge in [-0.2, -0.15) is 0 Å². The molecule has 1 fully saturated rings. The van der Waals surface area contributed by atoms with Crippen LogP contribution in [0, 0.1) is 5.92 Å². The van der Waals surface area contributed by atoms with Crippen molar-refractivity contribution >= 4 is 0 Å². The summed E-state index contributed by atoms with van der Waals surface area (Å²) in [4.78, 5) is 0. The summed E-state index contributed by atoms with van der Waals surface area (Å²) in [5.41, 5.74) is 5.29. The molecule has 0 heterocycles. The zero-order valence-electron chi connectivity index (χ0n) is 16.6. The van der Waals surface area contributed by atoms with Crippen molar-refractivity contribution in [3.63, 3.8) is 0 Å². The summed E-state index contributed by atoms with van der Waals surface area (Å²) < 4.78 is 5.62. The van der Waals surface area contributed by atoms with Gasteiger partial charge in [-0.15, -0.1) is 6.58 Å². The van der Waals surface area contributed by atoms with Gasteiger partial charge in [0.15, 0.2) is 0 Å². The van der Waals surface area contributed by atoms with E-state index in [1.807, 2.05) is 19.1 Å². The van der Waals surface area contributed by atoms with Crippen LogP contribution in [0.5, 0.6) is 0 Å². The monoisotopic (exact) mass is 360 g/mol. The molecule has 0 atom stereocenters. The average molecular weight is 361 g/mol. The lowest BCUT2D eigenvalue weighted by atomic mass is 9.77. The van der Waals surface area contributed by atoms with Gasteiger partial charge in [-0.3, -0.25) is 0 Å². The Morgan fingerprint density at radius 3 is 2.15 bits per heavy atom. The second-order valence-electron chi connectivity index (χ2n) is 7.65. The summed E-state index contributed by atoms with van der Waals surface area (Å²) >= 11 is 0. The molecule has 0 bridgehead atoms. The van der Waals surface area contributed by atoms with Gasteiger partial charge < -0.3 is 4.74 Å². The van der Waals surface area contributed by atoms with Crippen molar-refractivity contribution < 1.29 is 4.74 Å². The molecule has 0 aromatic heterocycles. The smallest absolute Gasteiger partial charge is 0.0721 e. The van der Waals surface area contributed by atoms with E-state index in [0.29, 0.717) is 13.2 Å². The van der Waals surface area contributed by atoms with Crippen LogP contribution in [0.3, 0.4) is 0 Å². The van der Waals surface area contributed by atoms with Crippen molar-refractivity contribution in [3.05, 3.63) is 84.5 Å². The number of allylic oxidation sites excluding steroid dienone is 2. The van der Waals surface area contributed by atoms with Crippen molar-refractivity contribution in [1.29, 1.82) is 0 Å². The lowest BCUT2D eigenvalue weighted by Gasteiger charge is -2.28. The number of ether oxygens (including phenoxy) is 1. The van der Waals surface area contributed by atoms with E-state index >= 15 is 0 Å². The maximum atomic E-state index is 5.62. The summed E-state index contributed by atoms with van der Waals surface area (Å²) in [6.45, 7) is 7.24. The third-order valence-electron chi connectivity index (χ3n) is 5.73. The van der Waals surface area contributed by atoms with Crippen LogP contribution in [-0.4, -0.2) is 6.61 Å². The first-order valence-electron chi connectivity index (χ1n) is 10.3. The fourth-order valence-electron chi connectivity index (χ4n) is 4.05. The molecule has 0 aliphatic heterocycles. The molecule has 0 spiro atoms. The molecule has 0 saturated heterocycles. The normalized spacial score (nSPS) is 20.0. The molecule has 0 amide bonds. The van der Waals surface area contributed by atoms with Gasteiger partial charge in [-0.25, -0.2) is 0 Å². The molecule has 2 aromatic carbocycles. The Balaban J connectivity index is 1.56. The first-order valence-corrected chi connectivity index (χ1v) is 10.3. The van der Waals surface area contributed by atoms with E-state index in [1.165, 1.54) is 54.4 Å². The first-order chi connectivity index (χ1) is 13.3. The van der Waals surface area contributed by atoms with Gasteiger partial charge in [-0.05, 0) is 73.1 Å². The molecule has 1 saturated carbocycles. The molecular formula is C26H32O. The summed E-state index contributed by atoms with van der Waals surface area (Å²) in [5, 5.41) is 0. The highest BCUT2D eigenvalue weighted by Gasteiger charge is 2.21. The quantitative estimate of drug-likeness (QED) is 0.354. The third-order valence-corrected chi connectivity index (χ3v) is 5.73. The van der Waals surface area contributed by atoms with Crippen molar-refractivity contribution in [2.45, 2.75) is 51.6 Å². The van der Waals surface area contributed by atoms with Crippen molar-refractivity contribution in [2.75, 3.05) is 6.61 Å². The summed E-state index contributed by atoms with van der Waals surface area (Å²) in [6.07, 6.45) is 12.6. The SMILES string of the molecule is C=CCC1CCC(c2ccc(-c3ccc(COC/C=C/C)cc3)cc2)CC1. The molecule has 27 heavy (non-hydrogen) atoms. The standard InChI is InChI=1S/C26H32O/c1-3-5-19-27-20-22-9-13-24(14-10-22)26-17-15-25(16-18-26)23-11-7-21(6-4-2)8-12-23/h3-5,9-10,13-18,21,23H,2,6-8,11-12,19-20H2,1H3/b5-3+. The molecular weight excluding hydrogens is 328 g/mol. The molecule has 142 valence electrons. The molecule has 0 unspecified atom stereocenters. The van der Waals surface area contributed by atoms with Gasteiger partial charge in [0.2, 0.25) is 0 Å². The van der Waals surface area contributed by atoms with Gasteiger partial charge in [-0.1, -0.05) is 66.8 Å². The van der Waals surface area contributed by atoms with Crippen molar-refractivity contribution in [2.24, 2.45) is 5.92 Å². The fraction of sp³-hybridized carbons (Fsp3) is 0.385. The number of hydrogen-bond donors (Lipinski definition) is 0. The molecule has 1 heteroatoms. The molecule has 1 nitrogen and oxygen atoms in total. The van der Waals surface area contributed by atoms with Crippen LogP contribution < -0.4 is 0 Å². The summed E-state index contributed by atoms with van der Waals surface area (Å²) in [5.74, 6) is 1.59. The van der Waals surface area contributed by atoms with Crippen LogP contribution >= 0.6 is 0 Å². The molecule has 2 aromatic rings. The number of hydrogen-bond acceptors (Lipinski definition) is 1. The average Bonchev–Trinajstić information content (AvgIpc) is 2.73. The zero-order valence-corrected chi connectivity index (χ0v) is 16.6. The van der Waals surface area contributed by atoms with Gasteiger partial charge in [0.05, 0.1) is 13.2 Å². The largest absolute Gasteiger partial charge is 0.373 e. The topological polar surface area (TPSA) is 9.23 Å². The molecule has 1 aliphatic rings. The Morgan fingerprint density at radius 1 is 0.926 bits per heavy atom. The highest BCUT2D eigenvalue weighted by Crippen LogP contribution is 2.37. The first kappa shape index (κ1) is 19.6. The predicted molar refractivity (Wildman–Crippen MR) is 116 cm³/mol. The van der Waals surface area contributed by atoms with Crippen LogP contribution in [0.4, 0.5) is 0 Å². The Labute approximate surface area is 164 Å². The van der Waals surface area contributed by atoms with Gasteiger partial charge in [0.1, 0.15) is 0 Å². The maximum Gasteiger partial charge on any atom is 0.0721 e. The lowest BCUT2D eigenvalue weighted by molar-refractivity contribution is 0.148. The Kier molecular flexibility index (Phi) is 7.47. The fourth-order valence-corrected chi connectivity index (χ4v) is 4.05. The highest BCUT2D eigenvalue weighted by atomic mass is 16.5. The van der Waals surface area contributed by atoms with Gasteiger partial charge in [0, 0.05) is 0 Å². The van der Waals surface area contributed by atoms with E-state index in [2.05, 4.69) is 61.2 Å². The van der Waals surface area contributed by atoms with E-state index in [4.69, 9.17) is 4.74 Å². The molecule has 0 radical (unpaired) electrons. The predicted octanol–water partition coefficient (Wildman–Crippen LogP) is 7.30. The minimum atomic E-state index is 0.665. The summed E-state index contributed by atoms with van der Waals surface area (Å²) in [6, 6.07) is 18.0. The van der Waals surface area contributed by atoms with E-state index in [-0.39, 0.29) is 0 Å². The summed E-state index contributed by atoms with van der Waals surface area (Å²) in [7, 11) is 0. The van der Waals surface area contributed by atoms with E-state index < -0.39 is 0 Å². The Hall–Kier alpha value is -2.12. The lowest BCUT2D eigenvalue weighted by Crippen LogP contribution is -2.12. The second-order valence-corrected chi connectivity index (χ2v) is 7.65. The molecule has 0 N–H and O–H groups in total. The number of rotatable bonds is 8. The van der Waals surface area contributed by atoms with Crippen LogP contribution in [0.1, 0.15) is 56.1 Å². The van der Waals surface area contributed by atoms with E-state index in [9.17, 15) is 0 Å². The zero-order chi connectivity index (χ0) is 18.9. The van der Waals surface area contributed by atoms with E-state index in [0.717, 1.165) is 11.8 Å². The minimum Gasteiger partial charge on any atom is -0.373 e. The number of benzene rings is 2. The molecule has 1 aliphatic carbocycles. The van der Waals surface area contributed by atoms with Crippen molar-refractivity contribution in [3.8, 4) is 11.1 Å². The highest BCUT2D eigenvalue weighted by molar-refractivity contribution is 5.64. The van der Waals surface area contributed by atoms with Crippen molar-refractivity contribution in [1.82, 2.24) is 0 Å². The van der Waals surface area contributed by atoms with Gasteiger partial charge >= 0.3 is 0 Å². The Bertz CT molecular complexity index is 716. The Morgan fingerprint density at radius 2 is 1.56 bits per heavy atom. The minimum absolute atomic E-state index is 0.665. The maximum absolute atomic E-state index is 5.62. The van der Waals surface area contributed by atoms with Crippen LogP contribution in [-0.2, 0) is 11.3 Å². The van der Waals surface area contributed by atoms with Crippen LogP contribution in [0.15, 0.2) is 73.3 Å². The third kappa shape index (κ3) is 5.68. The molecule has 3 rings (SSSR count). The van der Waals surface area contributed by atoms with Crippen LogP contribution in [0.25, 0.3) is 11.1 Å². The van der Waals surface area contributed by atoms with E-state index in [1.54, 1.807) is 0 Å². The second kappa shape index (κ2) is 10.3. The van der Waals surface area contributed by atoms with Gasteiger partial charge in [0.25, 0.3) is 0 Å².